The topological polar surface area (TPSA) is 111 Å². The van der Waals surface area contributed by atoms with Gasteiger partial charge in [-0.1, -0.05) is 6.07 Å². The van der Waals surface area contributed by atoms with Gasteiger partial charge in [0.25, 0.3) is 0 Å². The van der Waals surface area contributed by atoms with Crippen molar-refractivity contribution in [3.8, 4) is 0 Å². The molecule has 20 heavy (non-hydrogen) atoms. The molecule has 2 rings (SSSR count). The van der Waals surface area contributed by atoms with E-state index in [1.54, 1.807) is 12.4 Å². The molecule has 0 spiro atoms. The molecule has 6 nitrogen and oxygen atoms in total. The minimum absolute atomic E-state index is 0.0209. The van der Waals surface area contributed by atoms with Crippen LogP contribution in [-0.4, -0.2) is 13.4 Å². The Balaban J connectivity index is 2.30. The number of nitrogens with one attached hydrogen (secondary N) is 1. The van der Waals surface area contributed by atoms with E-state index in [-0.39, 0.29) is 10.9 Å². The van der Waals surface area contributed by atoms with E-state index in [0.717, 1.165) is 5.56 Å². The second-order valence-electron chi connectivity index (χ2n) is 4.45. The van der Waals surface area contributed by atoms with Gasteiger partial charge in [-0.05, 0) is 36.8 Å². The first-order valence-corrected chi connectivity index (χ1v) is 7.51. The molecule has 0 radical (unpaired) electrons. The molecule has 0 bridgehead atoms. The smallest absolute Gasteiger partial charge is 0.238 e. The SMILES string of the molecule is CC(Nc1cc(S(N)(=O)=O)ccc1N)c1cccnc1. The molecular formula is C13H16N4O2S. The van der Waals surface area contributed by atoms with Crippen molar-refractivity contribution < 1.29 is 8.42 Å². The van der Waals surface area contributed by atoms with Crippen LogP contribution in [0, 0.1) is 0 Å². The molecule has 2 aromatic rings. The Bertz CT molecular complexity index is 702. The zero-order valence-electron chi connectivity index (χ0n) is 10.9. The Kier molecular flexibility index (Phi) is 3.91. The van der Waals surface area contributed by atoms with Crippen LogP contribution < -0.4 is 16.2 Å². The van der Waals surface area contributed by atoms with Crippen LogP contribution in [0.3, 0.4) is 0 Å². The van der Waals surface area contributed by atoms with Gasteiger partial charge in [0.2, 0.25) is 10.0 Å². The minimum atomic E-state index is -3.75. The molecule has 1 aromatic carbocycles. The lowest BCUT2D eigenvalue weighted by molar-refractivity contribution is 0.598. The third kappa shape index (κ3) is 3.25. The molecule has 0 aliphatic rings. The summed E-state index contributed by atoms with van der Waals surface area (Å²) < 4.78 is 22.7. The quantitative estimate of drug-likeness (QED) is 0.739. The number of hydrogen-bond acceptors (Lipinski definition) is 5. The molecule has 0 aliphatic heterocycles. The number of sulfonamides is 1. The third-order valence-electron chi connectivity index (χ3n) is 2.91. The molecular weight excluding hydrogens is 276 g/mol. The Morgan fingerprint density at radius 1 is 1.30 bits per heavy atom. The van der Waals surface area contributed by atoms with Crippen molar-refractivity contribution in [1.29, 1.82) is 0 Å². The van der Waals surface area contributed by atoms with Crippen molar-refractivity contribution in [3.63, 3.8) is 0 Å². The van der Waals surface area contributed by atoms with Crippen molar-refractivity contribution in [2.75, 3.05) is 11.1 Å². The Hall–Kier alpha value is -2.12. The predicted molar refractivity (Wildman–Crippen MR) is 78.5 cm³/mol. The number of hydrogen-bond donors (Lipinski definition) is 3. The molecule has 7 heteroatoms. The number of primary sulfonamides is 1. The maximum atomic E-state index is 11.4. The van der Waals surface area contributed by atoms with Gasteiger partial charge in [-0.2, -0.15) is 0 Å². The van der Waals surface area contributed by atoms with Crippen molar-refractivity contribution in [1.82, 2.24) is 4.98 Å². The van der Waals surface area contributed by atoms with Gasteiger partial charge in [-0.15, -0.1) is 0 Å². The highest BCUT2D eigenvalue weighted by Crippen LogP contribution is 2.26. The second-order valence-corrected chi connectivity index (χ2v) is 6.01. The zero-order valence-corrected chi connectivity index (χ0v) is 11.8. The van der Waals surface area contributed by atoms with E-state index in [9.17, 15) is 8.42 Å². The summed E-state index contributed by atoms with van der Waals surface area (Å²) >= 11 is 0. The normalized spacial score (nSPS) is 12.9. The van der Waals surface area contributed by atoms with E-state index in [1.807, 2.05) is 19.1 Å². The average Bonchev–Trinajstić information content (AvgIpc) is 2.41. The largest absolute Gasteiger partial charge is 0.397 e. The first kappa shape index (κ1) is 14.3. The maximum Gasteiger partial charge on any atom is 0.238 e. The number of nitrogens with zero attached hydrogens (tertiary/aromatic N) is 1. The van der Waals surface area contributed by atoms with Gasteiger partial charge in [-0.25, -0.2) is 13.6 Å². The molecule has 0 amide bonds. The number of aromatic nitrogens is 1. The van der Waals surface area contributed by atoms with Crippen LogP contribution in [0.5, 0.6) is 0 Å². The molecule has 0 fully saturated rings. The lowest BCUT2D eigenvalue weighted by Gasteiger charge is -2.17. The van der Waals surface area contributed by atoms with Crippen LogP contribution in [0.4, 0.5) is 11.4 Å². The van der Waals surface area contributed by atoms with Crippen molar-refractivity contribution >= 4 is 21.4 Å². The van der Waals surface area contributed by atoms with Crippen molar-refractivity contribution in [2.45, 2.75) is 17.9 Å². The highest BCUT2D eigenvalue weighted by Gasteiger charge is 2.12. The van der Waals surface area contributed by atoms with E-state index < -0.39 is 10.0 Å². The summed E-state index contributed by atoms with van der Waals surface area (Å²) in [5.74, 6) is 0. The fourth-order valence-electron chi connectivity index (χ4n) is 1.79. The van der Waals surface area contributed by atoms with Crippen molar-refractivity contribution in [3.05, 3.63) is 48.3 Å². The van der Waals surface area contributed by atoms with Gasteiger partial charge in [0.1, 0.15) is 0 Å². The standard InChI is InChI=1S/C13H16N4O2S/c1-9(10-3-2-6-16-8-10)17-13-7-11(20(15,18)19)4-5-12(13)14/h2-9,17H,14H2,1H3,(H2,15,18,19). The summed E-state index contributed by atoms with van der Waals surface area (Å²) in [4.78, 5) is 4.06. The van der Waals surface area contributed by atoms with Gasteiger partial charge in [-0.3, -0.25) is 4.98 Å². The maximum absolute atomic E-state index is 11.4. The monoisotopic (exact) mass is 292 g/mol. The van der Waals surface area contributed by atoms with E-state index >= 15 is 0 Å². The van der Waals surface area contributed by atoms with Crippen LogP contribution in [0.15, 0.2) is 47.6 Å². The second kappa shape index (κ2) is 5.48. The number of nitrogen functional groups attached to an aromatic ring is 1. The van der Waals surface area contributed by atoms with E-state index in [4.69, 9.17) is 10.9 Å². The number of benzene rings is 1. The van der Waals surface area contributed by atoms with Crippen LogP contribution in [0.25, 0.3) is 0 Å². The molecule has 106 valence electrons. The molecule has 5 N–H and O–H groups in total. The van der Waals surface area contributed by atoms with Gasteiger partial charge >= 0.3 is 0 Å². The summed E-state index contributed by atoms with van der Waals surface area (Å²) in [7, 11) is -3.75. The molecule has 1 unspecified atom stereocenters. The Labute approximate surface area is 117 Å². The van der Waals surface area contributed by atoms with E-state index in [0.29, 0.717) is 11.4 Å². The van der Waals surface area contributed by atoms with Gasteiger partial charge in [0, 0.05) is 12.4 Å². The summed E-state index contributed by atoms with van der Waals surface area (Å²) in [6, 6.07) is 8.00. The number of nitrogens with two attached hydrogens (primary N) is 2. The summed E-state index contributed by atoms with van der Waals surface area (Å²) in [5.41, 5.74) is 7.78. The lowest BCUT2D eigenvalue weighted by atomic mass is 10.1. The average molecular weight is 292 g/mol. The molecule has 1 heterocycles. The number of rotatable bonds is 4. The molecule has 0 saturated heterocycles. The third-order valence-corrected chi connectivity index (χ3v) is 3.82. The van der Waals surface area contributed by atoms with Crippen LogP contribution in [-0.2, 0) is 10.0 Å². The summed E-state index contributed by atoms with van der Waals surface area (Å²) in [6.45, 7) is 1.93. The number of pyridine rings is 1. The van der Waals surface area contributed by atoms with Gasteiger partial charge in [0.05, 0.1) is 22.3 Å². The first-order chi connectivity index (χ1) is 9.38. The Morgan fingerprint density at radius 2 is 2.05 bits per heavy atom. The van der Waals surface area contributed by atoms with Crippen LogP contribution in [0.2, 0.25) is 0 Å². The summed E-state index contributed by atoms with van der Waals surface area (Å²) in [6.07, 6.45) is 3.42. The lowest BCUT2D eigenvalue weighted by Crippen LogP contribution is -2.14. The zero-order chi connectivity index (χ0) is 14.8. The fraction of sp³-hybridized carbons (Fsp3) is 0.154. The molecule has 0 aliphatic carbocycles. The fourth-order valence-corrected chi connectivity index (χ4v) is 2.33. The van der Waals surface area contributed by atoms with Crippen LogP contribution in [0.1, 0.15) is 18.5 Å². The molecule has 1 aromatic heterocycles. The minimum Gasteiger partial charge on any atom is -0.397 e. The van der Waals surface area contributed by atoms with Crippen LogP contribution >= 0.6 is 0 Å². The first-order valence-electron chi connectivity index (χ1n) is 5.96. The predicted octanol–water partition coefficient (Wildman–Crippen LogP) is 1.48. The highest BCUT2D eigenvalue weighted by atomic mass is 32.2. The van der Waals surface area contributed by atoms with Gasteiger partial charge < -0.3 is 11.1 Å². The van der Waals surface area contributed by atoms with E-state index in [1.165, 1.54) is 18.2 Å². The van der Waals surface area contributed by atoms with Crippen molar-refractivity contribution in [2.24, 2.45) is 5.14 Å². The number of anilines is 2. The van der Waals surface area contributed by atoms with E-state index in [2.05, 4.69) is 10.3 Å². The Morgan fingerprint density at radius 3 is 2.65 bits per heavy atom. The molecule has 1 atom stereocenters. The van der Waals surface area contributed by atoms with Gasteiger partial charge in [0.15, 0.2) is 0 Å². The summed E-state index contributed by atoms with van der Waals surface area (Å²) in [5, 5.41) is 8.27. The molecule has 0 saturated carbocycles. The highest BCUT2D eigenvalue weighted by molar-refractivity contribution is 7.89.